The van der Waals surface area contributed by atoms with Gasteiger partial charge in [0.05, 0.1) is 12.2 Å². The predicted molar refractivity (Wildman–Crippen MR) is 72.1 cm³/mol. The molecule has 3 amide bonds. The summed E-state index contributed by atoms with van der Waals surface area (Å²) in [5.41, 5.74) is 2.77. The molecule has 1 aliphatic heterocycles. The highest BCUT2D eigenvalue weighted by Crippen LogP contribution is 2.07. The van der Waals surface area contributed by atoms with Crippen molar-refractivity contribution < 1.29 is 9.59 Å². The number of carbonyl (C=O) groups excluding carboxylic acids is 2. The minimum Gasteiger partial charge on any atom is -0.349 e. The first-order valence-electron chi connectivity index (χ1n) is 6.38. The number of imidazole rings is 1. The van der Waals surface area contributed by atoms with Crippen molar-refractivity contribution >= 4 is 17.6 Å². The van der Waals surface area contributed by atoms with Crippen molar-refractivity contribution in [3.63, 3.8) is 0 Å². The zero-order valence-corrected chi connectivity index (χ0v) is 11.0. The van der Waals surface area contributed by atoms with Crippen molar-refractivity contribution in [2.24, 2.45) is 0 Å². The Morgan fingerprint density at radius 2 is 2.35 bits per heavy atom. The lowest BCUT2D eigenvalue weighted by Gasteiger charge is -2.08. The number of hydrogen-bond acceptors (Lipinski definition) is 3. The van der Waals surface area contributed by atoms with Gasteiger partial charge in [-0.2, -0.15) is 0 Å². The molecule has 2 aromatic rings. The Morgan fingerprint density at radius 3 is 3.10 bits per heavy atom. The number of amides is 3. The molecule has 1 saturated heterocycles. The van der Waals surface area contributed by atoms with E-state index in [4.69, 9.17) is 0 Å². The third-order valence-electron chi connectivity index (χ3n) is 3.18. The molecule has 3 N–H and O–H groups in total. The lowest BCUT2D eigenvalue weighted by Crippen LogP contribution is -2.42. The van der Waals surface area contributed by atoms with E-state index in [1.807, 2.05) is 35.9 Å². The van der Waals surface area contributed by atoms with Gasteiger partial charge >= 0.3 is 6.03 Å². The average molecular weight is 273 g/mol. The Hall–Kier alpha value is -2.57. The summed E-state index contributed by atoms with van der Waals surface area (Å²) >= 11 is 0. The quantitative estimate of drug-likeness (QED) is 0.732. The molecule has 2 aromatic heterocycles. The Morgan fingerprint density at radius 1 is 1.50 bits per heavy atom. The summed E-state index contributed by atoms with van der Waals surface area (Å²) in [6, 6.07) is 3.10. The highest BCUT2D eigenvalue weighted by molar-refractivity contribution is 5.90. The van der Waals surface area contributed by atoms with E-state index in [2.05, 4.69) is 20.9 Å². The number of carbonyl (C=O) groups is 2. The number of pyridine rings is 1. The molecule has 1 fully saturated rings. The van der Waals surface area contributed by atoms with Crippen LogP contribution in [0.1, 0.15) is 11.3 Å². The van der Waals surface area contributed by atoms with Crippen LogP contribution >= 0.6 is 0 Å². The lowest BCUT2D eigenvalue weighted by atomic mass is 10.3. The van der Waals surface area contributed by atoms with Crippen LogP contribution in [0.2, 0.25) is 0 Å². The molecule has 1 aliphatic rings. The molecule has 0 aromatic carbocycles. The first-order valence-corrected chi connectivity index (χ1v) is 6.38. The molecular weight excluding hydrogens is 258 g/mol. The van der Waals surface area contributed by atoms with Crippen LogP contribution in [-0.2, 0) is 11.3 Å². The van der Waals surface area contributed by atoms with E-state index >= 15 is 0 Å². The van der Waals surface area contributed by atoms with Crippen LogP contribution < -0.4 is 16.0 Å². The van der Waals surface area contributed by atoms with Gasteiger partial charge in [-0.25, -0.2) is 9.78 Å². The van der Waals surface area contributed by atoms with Gasteiger partial charge < -0.3 is 20.4 Å². The van der Waals surface area contributed by atoms with Crippen LogP contribution in [0.3, 0.4) is 0 Å². The zero-order chi connectivity index (χ0) is 14.1. The lowest BCUT2D eigenvalue weighted by molar-refractivity contribution is -0.122. The highest BCUT2D eigenvalue weighted by Gasteiger charge is 2.26. The van der Waals surface area contributed by atoms with Gasteiger partial charge in [0.15, 0.2) is 0 Å². The second kappa shape index (κ2) is 4.84. The molecule has 0 radical (unpaired) electrons. The Bertz CT molecular complexity index is 678. The van der Waals surface area contributed by atoms with E-state index in [1.165, 1.54) is 0 Å². The van der Waals surface area contributed by atoms with E-state index in [0.717, 1.165) is 16.9 Å². The molecule has 0 saturated carbocycles. The number of hydrogen-bond donors (Lipinski definition) is 3. The van der Waals surface area contributed by atoms with Crippen molar-refractivity contribution in [2.45, 2.75) is 19.5 Å². The minimum absolute atomic E-state index is 0.211. The van der Waals surface area contributed by atoms with E-state index in [-0.39, 0.29) is 11.9 Å². The Kier molecular flexibility index (Phi) is 3.02. The van der Waals surface area contributed by atoms with Crippen molar-refractivity contribution in [3.05, 3.63) is 35.8 Å². The molecule has 0 spiro atoms. The number of urea groups is 1. The summed E-state index contributed by atoms with van der Waals surface area (Å²) in [6.07, 6.45) is 3.86. The third kappa shape index (κ3) is 2.42. The smallest absolute Gasteiger partial charge is 0.315 e. The fraction of sp³-hybridized carbons (Fsp3) is 0.308. The fourth-order valence-electron chi connectivity index (χ4n) is 2.15. The van der Waals surface area contributed by atoms with Gasteiger partial charge in [0.1, 0.15) is 11.7 Å². The van der Waals surface area contributed by atoms with Gasteiger partial charge in [-0.15, -0.1) is 0 Å². The third-order valence-corrected chi connectivity index (χ3v) is 3.18. The summed E-state index contributed by atoms with van der Waals surface area (Å²) in [7, 11) is 0. The first-order chi connectivity index (χ1) is 9.61. The van der Waals surface area contributed by atoms with E-state index in [1.54, 1.807) is 0 Å². The molecule has 1 atom stereocenters. The number of aryl methyl sites for hydroxylation is 1. The van der Waals surface area contributed by atoms with Gasteiger partial charge in [-0.05, 0) is 18.6 Å². The van der Waals surface area contributed by atoms with Crippen LogP contribution in [0, 0.1) is 6.92 Å². The summed E-state index contributed by atoms with van der Waals surface area (Å²) in [6.45, 7) is 2.66. The standard InChI is InChI=1S/C13H15N5O2/c1-8-2-3-11-16-9(7-18(11)6-8)4-14-12(19)10-5-15-13(20)17-10/h2-3,6-7,10H,4-5H2,1H3,(H,14,19)(H2,15,17,20)/t10-/m1/s1. The fourth-order valence-corrected chi connectivity index (χ4v) is 2.15. The van der Waals surface area contributed by atoms with Gasteiger partial charge in [0, 0.05) is 18.9 Å². The summed E-state index contributed by atoms with van der Waals surface area (Å²) < 4.78 is 1.93. The maximum Gasteiger partial charge on any atom is 0.315 e. The van der Waals surface area contributed by atoms with Crippen LogP contribution in [0.5, 0.6) is 0 Å². The molecule has 7 nitrogen and oxygen atoms in total. The maximum absolute atomic E-state index is 11.8. The van der Waals surface area contributed by atoms with Gasteiger partial charge in [0.25, 0.3) is 0 Å². The van der Waals surface area contributed by atoms with Gasteiger partial charge in [0.2, 0.25) is 5.91 Å². The second-order valence-electron chi connectivity index (χ2n) is 4.83. The number of fused-ring (bicyclic) bond motifs is 1. The SMILES string of the molecule is Cc1ccc2nc(CNC(=O)[C@H]3CNC(=O)N3)cn2c1. The summed E-state index contributed by atoms with van der Waals surface area (Å²) in [5.74, 6) is -0.211. The average Bonchev–Trinajstić information content (AvgIpc) is 3.01. The second-order valence-corrected chi connectivity index (χ2v) is 4.83. The summed E-state index contributed by atoms with van der Waals surface area (Å²) in [4.78, 5) is 27.2. The molecule has 0 aliphatic carbocycles. The number of nitrogens with zero attached hydrogens (tertiary/aromatic N) is 2. The van der Waals surface area contributed by atoms with Crippen LogP contribution in [0.15, 0.2) is 24.5 Å². The molecule has 3 heterocycles. The van der Waals surface area contributed by atoms with Crippen molar-refractivity contribution in [3.8, 4) is 0 Å². The minimum atomic E-state index is -0.512. The summed E-state index contributed by atoms with van der Waals surface area (Å²) in [5, 5.41) is 7.85. The monoisotopic (exact) mass is 273 g/mol. The van der Waals surface area contributed by atoms with E-state index < -0.39 is 6.04 Å². The number of aromatic nitrogens is 2. The highest BCUT2D eigenvalue weighted by atomic mass is 16.2. The molecule has 3 rings (SSSR count). The van der Waals surface area contributed by atoms with Crippen LogP contribution in [-0.4, -0.2) is 33.9 Å². The molecule has 20 heavy (non-hydrogen) atoms. The van der Waals surface area contributed by atoms with Crippen LogP contribution in [0.25, 0.3) is 5.65 Å². The number of nitrogens with one attached hydrogen (secondary N) is 3. The normalized spacial score (nSPS) is 17.9. The Labute approximate surface area is 115 Å². The van der Waals surface area contributed by atoms with Crippen molar-refractivity contribution in [1.29, 1.82) is 0 Å². The van der Waals surface area contributed by atoms with Gasteiger partial charge in [-0.3, -0.25) is 4.79 Å². The predicted octanol–water partition coefficient (Wildman–Crippen LogP) is -0.0597. The van der Waals surface area contributed by atoms with Crippen molar-refractivity contribution in [2.75, 3.05) is 6.54 Å². The molecule has 7 heteroatoms. The van der Waals surface area contributed by atoms with E-state index in [9.17, 15) is 9.59 Å². The molecule has 0 bridgehead atoms. The zero-order valence-electron chi connectivity index (χ0n) is 11.0. The van der Waals surface area contributed by atoms with E-state index in [0.29, 0.717) is 13.1 Å². The molecule has 0 unspecified atom stereocenters. The van der Waals surface area contributed by atoms with Crippen LogP contribution in [0.4, 0.5) is 4.79 Å². The molecular formula is C13H15N5O2. The molecule has 104 valence electrons. The maximum atomic E-state index is 11.8. The number of rotatable bonds is 3. The largest absolute Gasteiger partial charge is 0.349 e. The van der Waals surface area contributed by atoms with Crippen molar-refractivity contribution in [1.82, 2.24) is 25.3 Å². The van der Waals surface area contributed by atoms with Gasteiger partial charge in [-0.1, -0.05) is 6.07 Å². The Balaban J connectivity index is 1.64. The topological polar surface area (TPSA) is 87.5 Å². The first kappa shape index (κ1) is 12.5.